The molecule has 6 heteroatoms. The number of benzene rings is 2. The van der Waals surface area contributed by atoms with Gasteiger partial charge in [-0.15, -0.1) is 5.10 Å². The highest BCUT2D eigenvalue weighted by molar-refractivity contribution is 5.83. The van der Waals surface area contributed by atoms with Crippen LogP contribution in [0.5, 0.6) is 5.75 Å². The van der Waals surface area contributed by atoms with E-state index in [1.807, 2.05) is 67.7 Å². The van der Waals surface area contributed by atoms with Crippen LogP contribution >= 0.6 is 0 Å². The molecule has 2 aromatic carbocycles. The molecule has 2 atom stereocenters. The molecule has 0 aliphatic heterocycles. The molecule has 0 bridgehead atoms. The Kier molecular flexibility index (Phi) is 7.20. The summed E-state index contributed by atoms with van der Waals surface area (Å²) in [4.78, 5) is 13.1. The minimum atomic E-state index is -0.245. The predicted molar refractivity (Wildman–Crippen MR) is 124 cm³/mol. The molecule has 32 heavy (non-hydrogen) atoms. The minimum Gasteiger partial charge on any atom is -0.493 e. The van der Waals surface area contributed by atoms with E-state index in [9.17, 15) is 4.79 Å². The molecule has 4 rings (SSSR count). The Morgan fingerprint density at radius 2 is 1.88 bits per heavy atom. The lowest BCUT2D eigenvalue weighted by atomic mass is 9.86. The summed E-state index contributed by atoms with van der Waals surface area (Å²) in [5.74, 6) is 1.31. The molecular formula is C26H32N4O2. The molecule has 1 aliphatic rings. The Bertz CT molecular complexity index is 996. The Labute approximate surface area is 190 Å². The first-order valence-corrected chi connectivity index (χ1v) is 11.6. The fraction of sp³-hybridized carbons (Fsp3) is 0.423. The number of nitrogens with zero attached hydrogens (tertiary/aromatic N) is 3. The van der Waals surface area contributed by atoms with Gasteiger partial charge < -0.3 is 10.1 Å². The number of aryl methyl sites for hydroxylation is 1. The zero-order valence-corrected chi connectivity index (χ0v) is 18.9. The highest BCUT2D eigenvalue weighted by Crippen LogP contribution is 2.28. The van der Waals surface area contributed by atoms with E-state index < -0.39 is 0 Å². The van der Waals surface area contributed by atoms with Crippen LogP contribution in [0.25, 0.3) is 0 Å². The number of amides is 1. The summed E-state index contributed by atoms with van der Waals surface area (Å²) >= 11 is 0. The number of ether oxygens (including phenoxy) is 1. The number of rotatable bonds is 10. The van der Waals surface area contributed by atoms with Crippen LogP contribution in [0.15, 0.2) is 60.8 Å². The lowest BCUT2D eigenvalue weighted by molar-refractivity contribution is -0.123. The summed E-state index contributed by atoms with van der Waals surface area (Å²) in [6.07, 6.45) is 6.62. The quantitative estimate of drug-likeness (QED) is 0.505. The van der Waals surface area contributed by atoms with Crippen LogP contribution in [0.4, 0.5) is 0 Å². The van der Waals surface area contributed by atoms with E-state index in [-0.39, 0.29) is 17.9 Å². The highest BCUT2D eigenvalue weighted by atomic mass is 16.5. The first-order chi connectivity index (χ1) is 15.6. The van der Waals surface area contributed by atoms with Crippen molar-refractivity contribution in [3.8, 4) is 5.75 Å². The van der Waals surface area contributed by atoms with Gasteiger partial charge in [-0.1, -0.05) is 61.0 Å². The van der Waals surface area contributed by atoms with E-state index in [0.29, 0.717) is 12.5 Å². The molecule has 1 aromatic heterocycles. The molecule has 3 aromatic rings. The number of hydrogen-bond donors (Lipinski definition) is 1. The normalized spacial score (nSPS) is 15.6. The van der Waals surface area contributed by atoms with Crippen molar-refractivity contribution in [1.82, 2.24) is 20.3 Å². The number of carbonyl (C=O) groups excluding carboxylic acids is 1. The van der Waals surface area contributed by atoms with Crippen LogP contribution in [0.3, 0.4) is 0 Å². The van der Waals surface area contributed by atoms with Crippen molar-refractivity contribution in [3.05, 3.63) is 77.6 Å². The summed E-state index contributed by atoms with van der Waals surface area (Å²) in [6, 6.07) is 17.7. The predicted octanol–water partition coefficient (Wildman–Crippen LogP) is 4.68. The van der Waals surface area contributed by atoms with E-state index in [1.165, 1.54) is 19.3 Å². The lowest BCUT2D eigenvalue weighted by Crippen LogP contribution is -2.34. The van der Waals surface area contributed by atoms with Crippen LogP contribution in [0.2, 0.25) is 0 Å². The second kappa shape index (κ2) is 10.4. The van der Waals surface area contributed by atoms with Gasteiger partial charge in [0.05, 0.1) is 30.8 Å². The standard InChI is InChI=1S/C26H32N4O2/c1-3-23-16-30(29-28-23)17-25(27-26(31)19(2)21-10-5-4-6-11-21)22-12-14-24(15-13-22)32-18-20-8-7-9-20/h4-6,10-16,19-20,25H,3,7-9,17-18H2,1-2H3,(H,27,31)/t19-,25-/m0/s1. The van der Waals surface area contributed by atoms with E-state index in [4.69, 9.17) is 4.74 Å². The molecule has 0 spiro atoms. The first kappa shape index (κ1) is 22.1. The molecule has 0 radical (unpaired) electrons. The van der Waals surface area contributed by atoms with Gasteiger partial charge >= 0.3 is 0 Å². The van der Waals surface area contributed by atoms with E-state index in [1.54, 1.807) is 4.68 Å². The van der Waals surface area contributed by atoms with Gasteiger partial charge in [0.2, 0.25) is 5.91 Å². The average Bonchev–Trinajstić information content (AvgIpc) is 3.26. The SMILES string of the molecule is CCc1cn(C[C@H](NC(=O)[C@@H](C)c2ccccc2)c2ccc(OCC3CCC3)cc2)nn1. The van der Waals surface area contributed by atoms with Crippen LogP contribution in [0.1, 0.15) is 61.9 Å². The molecule has 6 nitrogen and oxygen atoms in total. The second-order valence-corrected chi connectivity index (χ2v) is 8.66. The topological polar surface area (TPSA) is 69.0 Å². The molecule has 1 amide bonds. The number of hydrogen-bond acceptors (Lipinski definition) is 4. The Balaban J connectivity index is 1.48. The van der Waals surface area contributed by atoms with Gasteiger partial charge in [-0.3, -0.25) is 4.79 Å². The van der Waals surface area contributed by atoms with Crippen molar-refractivity contribution in [2.45, 2.75) is 58.0 Å². The molecule has 1 heterocycles. The molecule has 1 fully saturated rings. The Morgan fingerprint density at radius 3 is 2.50 bits per heavy atom. The zero-order valence-electron chi connectivity index (χ0n) is 18.9. The van der Waals surface area contributed by atoms with E-state index in [2.05, 4.69) is 22.6 Å². The first-order valence-electron chi connectivity index (χ1n) is 11.6. The fourth-order valence-corrected chi connectivity index (χ4v) is 3.87. The molecule has 1 aliphatic carbocycles. The van der Waals surface area contributed by atoms with Crippen molar-refractivity contribution in [3.63, 3.8) is 0 Å². The third-order valence-electron chi connectivity index (χ3n) is 6.32. The van der Waals surface area contributed by atoms with Crippen molar-refractivity contribution < 1.29 is 9.53 Å². The Hall–Kier alpha value is -3.15. The fourth-order valence-electron chi connectivity index (χ4n) is 3.87. The maximum atomic E-state index is 13.1. The van der Waals surface area contributed by atoms with E-state index in [0.717, 1.165) is 35.6 Å². The second-order valence-electron chi connectivity index (χ2n) is 8.66. The van der Waals surface area contributed by atoms with Gasteiger partial charge in [0.1, 0.15) is 5.75 Å². The third kappa shape index (κ3) is 5.55. The monoisotopic (exact) mass is 432 g/mol. The number of aromatic nitrogens is 3. The van der Waals surface area contributed by atoms with Crippen molar-refractivity contribution in [1.29, 1.82) is 0 Å². The molecular weight excluding hydrogens is 400 g/mol. The van der Waals surface area contributed by atoms with Gasteiger partial charge in [0.15, 0.2) is 0 Å². The number of carbonyl (C=O) groups is 1. The molecule has 1 N–H and O–H groups in total. The summed E-state index contributed by atoms with van der Waals surface area (Å²) in [5, 5.41) is 11.7. The zero-order chi connectivity index (χ0) is 22.3. The maximum Gasteiger partial charge on any atom is 0.227 e. The number of nitrogens with one attached hydrogen (secondary N) is 1. The van der Waals surface area contributed by atoms with Crippen LogP contribution in [-0.2, 0) is 17.8 Å². The summed E-state index contributed by atoms with van der Waals surface area (Å²) < 4.78 is 7.75. The largest absolute Gasteiger partial charge is 0.493 e. The molecule has 0 saturated heterocycles. The van der Waals surface area contributed by atoms with Gasteiger partial charge in [-0.2, -0.15) is 0 Å². The van der Waals surface area contributed by atoms with Crippen LogP contribution in [0, 0.1) is 5.92 Å². The molecule has 1 saturated carbocycles. The van der Waals surface area contributed by atoms with E-state index >= 15 is 0 Å². The summed E-state index contributed by atoms with van der Waals surface area (Å²) in [5.41, 5.74) is 2.95. The lowest BCUT2D eigenvalue weighted by Gasteiger charge is -2.25. The van der Waals surface area contributed by atoms with Gasteiger partial charge in [-0.05, 0) is 55.4 Å². The molecule has 0 unspecified atom stereocenters. The van der Waals surface area contributed by atoms with Crippen molar-refractivity contribution in [2.24, 2.45) is 5.92 Å². The highest BCUT2D eigenvalue weighted by Gasteiger charge is 2.22. The van der Waals surface area contributed by atoms with Crippen LogP contribution in [-0.4, -0.2) is 27.5 Å². The summed E-state index contributed by atoms with van der Waals surface area (Å²) in [7, 11) is 0. The van der Waals surface area contributed by atoms with Gasteiger partial charge in [0, 0.05) is 6.20 Å². The molecule has 168 valence electrons. The maximum absolute atomic E-state index is 13.1. The van der Waals surface area contributed by atoms with Gasteiger partial charge in [-0.25, -0.2) is 4.68 Å². The third-order valence-corrected chi connectivity index (χ3v) is 6.32. The average molecular weight is 433 g/mol. The van der Waals surface area contributed by atoms with Crippen molar-refractivity contribution in [2.75, 3.05) is 6.61 Å². The van der Waals surface area contributed by atoms with Gasteiger partial charge in [0.25, 0.3) is 0 Å². The smallest absolute Gasteiger partial charge is 0.227 e. The summed E-state index contributed by atoms with van der Waals surface area (Å²) in [6.45, 7) is 5.29. The van der Waals surface area contributed by atoms with Crippen molar-refractivity contribution >= 4 is 5.91 Å². The Morgan fingerprint density at radius 1 is 1.12 bits per heavy atom. The van der Waals surface area contributed by atoms with Crippen LogP contribution < -0.4 is 10.1 Å². The minimum absolute atomic E-state index is 0.0117.